The molecule has 0 aromatic carbocycles. The largest absolute Gasteiger partial charge is 0.450 e. The van der Waals surface area contributed by atoms with E-state index in [4.69, 9.17) is 4.74 Å². The Labute approximate surface area is 128 Å². The fourth-order valence-corrected chi connectivity index (χ4v) is 2.17. The van der Waals surface area contributed by atoms with Crippen LogP contribution < -0.4 is 5.32 Å². The van der Waals surface area contributed by atoms with E-state index in [1.807, 2.05) is 6.92 Å². The minimum Gasteiger partial charge on any atom is -0.450 e. The number of piperazine rings is 1. The molecule has 0 unspecified atom stereocenters. The molecule has 0 aromatic rings. The molecule has 1 fully saturated rings. The summed E-state index contributed by atoms with van der Waals surface area (Å²) in [6, 6.07) is 0. The highest BCUT2D eigenvalue weighted by Gasteiger charge is 2.23. The summed E-state index contributed by atoms with van der Waals surface area (Å²) in [6.45, 7) is 13.4. The third-order valence-electron chi connectivity index (χ3n) is 3.41. The van der Waals surface area contributed by atoms with Crippen molar-refractivity contribution in [3.63, 3.8) is 0 Å². The highest BCUT2D eigenvalue weighted by atomic mass is 16.6. The van der Waals surface area contributed by atoms with Gasteiger partial charge < -0.3 is 19.9 Å². The van der Waals surface area contributed by atoms with E-state index in [1.54, 1.807) is 4.90 Å². The van der Waals surface area contributed by atoms with Crippen LogP contribution in [0.1, 0.15) is 34.1 Å². The van der Waals surface area contributed by atoms with E-state index in [-0.39, 0.29) is 6.09 Å². The van der Waals surface area contributed by atoms with Gasteiger partial charge in [-0.25, -0.2) is 4.79 Å². The number of nitrogens with zero attached hydrogens (tertiary/aromatic N) is 3. The number of carbonyl (C=O) groups excluding carboxylic acids is 1. The first kappa shape index (κ1) is 17.6. The summed E-state index contributed by atoms with van der Waals surface area (Å²) in [5.41, 5.74) is 0. The SMILES string of the molecule is CCNC(=NCCC(C)C)N1CCN(C(=O)OCC)CC1. The highest BCUT2D eigenvalue weighted by molar-refractivity contribution is 5.80. The van der Waals surface area contributed by atoms with Gasteiger partial charge in [-0.05, 0) is 26.2 Å². The van der Waals surface area contributed by atoms with E-state index < -0.39 is 0 Å². The molecule has 0 spiro atoms. The Morgan fingerprint density at radius 1 is 1.19 bits per heavy atom. The maximum atomic E-state index is 11.7. The van der Waals surface area contributed by atoms with Crippen molar-refractivity contribution in [2.24, 2.45) is 10.9 Å². The zero-order valence-corrected chi connectivity index (χ0v) is 13.9. The number of guanidine groups is 1. The van der Waals surface area contributed by atoms with Gasteiger partial charge in [-0.3, -0.25) is 4.99 Å². The van der Waals surface area contributed by atoms with Gasteiger partial charge in [0.2, 0.25) is 0 Å². The van der Waals surface area contributed by atoms with E-state index >= 15 is 0 Å². The van der Waals surface area contributed by atoms with Crippen LogP contribution in [0.25, 0.3) is 0 Å². The number of rotatable bonds is 5. The lowest BCUT2D eigenvalue weighted by Gasteiger charge is -2.35. The number of carbonyl (C=O) groups is 1. The normalized spacial score (nSPS) is 16.3. The van der Waals surface area contributed by atoms with Crippen LogP contribution in [-0.2, 0) is 4.74 Å². The van der Waals surface area contributed by atoms with Gasteiger partial charge in [0.25, 0.3) is 0 Å². The van der Waals surface area contributed by atoms with Gasteiger partial charge in [-0.1, -0.05) is 13.8 Å². The lowest BCUT2D eigenvalue weighted by molar-refractivity contribution is 0.0914. The number of hydrogen-bond acceptors (Lipinski definition) is 3. The van der Waals surface area contributed by atoms with E-state index in [0.717, 1.165) is 38.6 Å². The molecular formula is C15H30N4O2. The molecule has 0 atom stereocenters. The minimum absolute atomic E-state index is 0.209. The van der Waals surface area contributed by atoms with Crippen molar-refractivity contribution in [2.75, 3.05) is 45.9 Å². The van der Waals surface area contributed by atoms with E-state index in [2.05, 4.69) is 36.0 Å². The quantitative estimate of drug-likeness (QED) is 0.621. The summed E-state index contributed by atoms with van der Waals surface area (Å²) in [7, 11) is 0. The van der Waals surface area contributed by atoms with E-state index in [0.29, 0.717) is 25.6 Å². The predicted octanol–water partition coefficient (Wildman–Crippen LogP) is 1.77. The van der Waals surface area contributed by atoms with Gasteiger partial charge in [-0.2, -0.15) is 0 Å². The molecule has 0 aliphatic carbocycles. The Kier molecular flexibility index (Phi) is 7.93. The van der Waals surface area contributed by atoms with Crippen molar-refractivity contribution in [1.29, 1.82) is 0 Å². The molecule has 0 radical (unpaired) electrons. The molecule has 6 nitrogen and oxygen atoms in total. The van der Waals surface area contributed by atoms with Crippen LogP contribution in [0.3, 0.4) is 0 Å². The maximum Gasteiger partial charge on any atom is 0.409 e. The number of ether oxygens (including phenoxy) is 1. The number of nitrogens with one attached hydrogen (secondary N) is 1. The van der Waals surface area contributed by atoms with Crippen molar-refractivity contribution in [3.8, 4) is 0 Å². The summed E-state index contributed by atoms with van der Waals surface area (Å²) < 4.78 is 5.04. The van der Waals surface area contributed by atoms with Crippen LogP contribution >= 0.6 is 0 Å². The smallest absolute Gasteiger partial charge is 0.409 e. The van der Waals surface area contributed by atoms with Crippen molar-refractivity contribution in [3.05, 3.63) is 0 Å². The first-order valence-electron chi connectivity index (χ1n) is 8.03. The fraction of sp³-hybridized carbons (Fsp3) is 0.867. The van der Waals surface area contributed by atoms with Crippen molar-refractivity contribution in [1.82, 2.24) is 15.1 Å². The number of hydrogen-bond donors (Lipinski definition) is 1. The lowest BCUT2D eigenvalue weighted by Crippen LogP contribution is -2.53. The highest BCUT2D eigenvalue weighted by Crippen LogP contribution is 2.05. The van der Waals surface area contributed by atoms with Gasteiger partial charge in [0.15, 0.2) is 5.96 Å². The van der Waals surface area contributed by atoms with Gasteiger partial charge in [-0.15, -0.1) is 0 Å². The number of amides is 1. The zero-order chi connectivity index (χ0) is 15.7. The van der Waals surface area contributed by atoms with Gasteiger partial charge >= 0.3 is 6.09 Å². The molecule has 1 rings (SSSR count). The second-order valence-electron chi connectivity index (χ2n) is 5.59. The number of aliphatic imine (C=N–C) groups is 1. The van der Waals surface area contributed by atoms with E-state index in [1.165, 1.54) is 0 Å². The molecular weight excluding hydrogens is 268 g/mol. The Hall–Kier alpha value is -1.46. The Morgan fingerprint density at radius 2 is 1.81 bits per heavy atom. The maximum absolute atomic E-state index is 11.7. The van der Waals surface area contributed by atoms with Crippen LogP contribution in [0, 0.1) is 5.92 Å². The molecule has 1 aliphatic heterocycles. The van der Waals surface area contributed by atoms with Gasteiger partial charge in [0.1, 0.15) is 0 Å². The molecule has 0 bridgehead atoms. The van der Waals surface area contributed by atoms with Crippen LogP contribution in [-0.4, -0.2) is 67.7 Å². The average molecular weight is 298 g/mol. The fourth-order valence-electron chi connectivity index (χ4n) is 2.17. The third kappa shape index (κ3) is 6.23. The zero-order valence-electron chi connectivity index (χ0n) is 13.9. The Bertz CT molecular complexity index is 337. The average Bonchev–Trinajstić information content (AvgIpc) is 2.46. The van der Waals surface area contributed by atoms with Gasteiger partial charge in [0, 0.05) is 39.3 Å². The van der Waals surface area contributed by atoms with Crippen molar-refractivity contribution >= 4 is 12.1 Å². The van der Waals surface area contributed by atoms with Crippen LogP contribution in [0.2, 0.25) is 0 Å². The standard InChI is InChI=1S/C15H30N4O2/c1-5-16-14(17-8-7-13(3)4)18-9-11-19(12-10-18)15(20)21-6-2/h13H,5-12H2,1-4H3,(H,16,17). The first-order valence-corrected chi connectivity index (χ1v) is 8.03. The molecule has 21 heavy (non-hydrogen) atoms. The molecule has 1 aliphatic rings. The predicted molar refractivity (Wildman–Crippen MR) is 85.6 cm³/mol. The monoisotopic (exact) mass is 298 g/mol. The molecule has 1 amide bonds. The molecule has 122 valence electrons. The van der Waals surface area contributed by atoms with Crippen LogP contribution in [0.4, 0.5) is 4.79 Å². The third-order valence-corrected chi connectivity index (χ3v) is 3.41. The topological polar surface area (TPSA) is 57.2 Å². The summed E-state index contributed by atoms with van der Waals surface area (Å²) in [6.07, 6.45) is 0.886. The summed E-state index contributed by atoms with van der Waals surface area (Å²) >= 11 is 0. The second kappa shape index (κ2) is 9.47. The van der Waals surface area contributed by atoms with Crippen LogP contribution in [0.5, 0.6) is 0 Å². The second-order valence-corrected chi connectivity index (χ2v) is 5.59. The molecule has 6 heteroatoms. The lowest BCUT2D eigenvalue weighted by atomic mass is 10.1. The molecule has 1 saturated heterocycles. The van der Waals surface area contributed by atoms with Crippen molar-refractivity contribution in [2.45, 2.75) is 34.1 Å². The molecule has 1 heterocycles. The molecule has 0 aromatic heterocycles. The first-order chi connectivity index (χ1) is 10.1. The summed E-state index contributed by atoms with van der Waals surface area (Å²) in [5, 5.41) is 3.34. The van der Waals surface area contributed by atoms with Gasteiger partial charge in [0.05, 0.1) is 6.61 Å². The molecule has 0 saturated carbocycles. The molecule has 1 N–H and O–H groups in total. The van der Waals surface area contributed by atoms with Crippen molar-refractivity contribution < 1.29 is 9.53 Å². The van der Waals surface area contributed by atoms with E-state index in [9.17, 15) is 4.79 Å². The van der Waals surface area contributed by atoms with Crippen LogP contribution in [0.15, 0.2) is 4.99 Å². The Morgan fingerprint density at radius 3 is 2.33 bits per heavy atom. The summed E-state index contributed by atoms with van der Waals surface area (Å²) in [5.74, 6) is 1.62. The summed E-state index contributed by atoms with van der Waals surface area (Å²) in [4.78, 5) is 20.4. The minimum atomic E-state index is -0.209. The Balaban J connectivity index is 2.49.